The standard InChI is InChI=1S/C27H22O8/c1-31-21-9-7-15(11-23(21)32-2)18(13-19(28)16-8-10-22-24(12-16)34-14-33-22)25-26(29)17-5-3-4-6-20(17)35-27(25)30/h3-12,18,29H,13-14H2,1-2H3/t18-/m1/s1. The summed E-state index contributed by atoms with van der Waals surface area (Å²) in [7, 11) is 3.01. The zero-order chi connectivity index (χ0) is 24.5. The number of para-hydroxylation sites is 1. The summed E-state index contributed by atoms with van der Waals surface area (Å²) in [6.07, 6.45) is -0.119. The number of ether oxygens (including phenoxy) is 4. The monoisotopic (exact) mass is 474 g/mol. The van der Waals surface area contributed by atoms with Crippen LogP contribution in [0.3, 0.4) is 0 Å². The van der Waals surface area contributed by atoms with Crippen molar-refractivity contribution in [3.05, 3.63) is 87.8 Å². The molecular formula is C27H22O8. The largest absolute Gasteiger partial charge is 0.507 e. The first kappa shape index (κ1) is 22.3. The van der Waals surface area contributed by atoms with Crippen LogP contribution < -0.4 is 24.6 Å². The van der Waals surface area contributed by atoms with Crippen LogP contribution in [-0.2, 0) is 0 Å². The van der Waals surface area contributed by atoms with Gasteiger partial charge in [-0.25, -0.2) is 4.79 Å². The van der Waals surface area contributed by atoms with Gasteiger partial charge in [0.05, 0.1) is 25.2 Å². The maximum Gasteiger partial charge on any atom is 0.343 e. The summed E-state index contributed by atoms with van der Waals surface area (Å²) in [4.78, 5) is 26.5. The van der Waals surface area contributed by atoms with Crippen LogP contribution in [0.1, 0.15) is 33.8 Å². The Morgan fingerprint density at radius 1 is 0.971 bits per heavy atom. The van der Waals surface area contributed by atoms with Gasteiger partial charge in [0, 0.05) is 17.9 Å². The highest BCUT2D eigenvalue weighted by Crippen LogP contribution is 2.40. The molecule has 178 valence electrons. The summed E-state index contributed by atoms with van der Waals surface area (Å²) < 4.78 is 27.0. The maximum absolute atomic E-state index is 13.4. The Hall–Kier alpha value is -4.46. The summed E-state index contributed by atoms with van der Waals surface area (Å²) in [6.45, 7) is 0.0905. The van der Waals surface area contributed by atoms with E-state index in [0.717, 1.165) is 0 Å². The van der Waals surface area contributed by atoms with Gasteiger partial charge < -0.3 is 28.5 Å². The summed E-state index contributed by atoms with van der Waals surface area (Å²) in [5.41, 5.74) is 0.496. The van der Waals surface area contributed by atoms with Crippen LogP contribution in [0.4, 0.5) is 0 Å². The topological polar surface area (TPSA) is 104 Å². The number of ketones is 1. The molecule has 8 heteroatoms. The zero-order valence-electron chi connectivity index (χ0n) is 19.1. The molecule has 1 aliphatic heterocycles. The molecule has 0 bridgehead atoms. The molecule has 0 unspecified atom stereocenters. The minimum absolute atomic E-state index is 0.00925. The molecular weight excluding hydrogens is 452 g/mol. The molecule has 3 aromatic carbocycles. The quantitative estimate of drug-likeness (QED) is 0.305. The molecule has 1 atom stereocenters. The molecule has 1 aromatic heterocycles. The number of benzene rings is 3. The van der Waals surface area contributed by atoms with Crippen molar-refractivity contribution in [2.24, 2.45) is 0 Å². The van der Waals surface area contributed by atoms with Crippen molar-refractivity contribution in [2.45, 2.75) is 12.3 Å². The summed E-state index contributed by atoms with van der Waals surface area (Å²) in [5.74, 6) is 0.651. The van der Waals surface area contributed by atoms with Crippen molar-refractivity contribution in [1.29, 1.82) is 0 Å². The second kappa shape index (κ2) is 9.06. The van der Waals surface area contributed by atoms with Crippen molar-refractivity contribution in [1.82, 2.24) is 0 Å². The third kappa shape index (κ3) is 4.03. The molecule has 1 N–H and O–H groups in total. The van der Waals surface area contributed by atoms with Gasteiger partial charge >= 0.3 is 5.63 Å². The van der Waals surface area contributed by atoms with E-state index >= 15 is 0 Å². The normalized spacial score (nSPS) is 13.0. The first-order chi connectivity index (χ1) is 17.0. The average Bonchev–Trinajstić information content (AvgIpc) is 3.35. The van der Waals surface area contributed by atoms with Crippen molar-refractivity contribution in [2.75, 3.05) is 21.0 Å². The summed E-state index contributed by atoms with van der Waals surface area (Å²) in [6, 6.07) is 16.7. The Kier molecular flexibility index (Phi) is 5.78. The van der Waals surface area contributed by atoms with Crippen molar-refractivity contribution in [3.8, 4) is 28.7 Å². The second-order valence-corrected chi connectivity index (χ2v) is 8.01. The third-order valence-electron chi connectivity index (χ3n) is 6.06. The van der Waals surface area contributed by atoms with Gasteiger partial charge in [0.25, 0.3) is 0 Å². The number of methoxy groups -OCH3 is 2. The highest BCUT2D eigenvalue weighted by molar-refractivity contribution is 5.98. The van der Waals surface area contributed by atoms with Gasteiger partial charge in [0.1, 0.15) is 11.3 Å². The highest BCUT2D eigenvalue weighted by Gasteiger charge is 2.29. The Labute approximate surface area is 200 Å². The fourth-order valence-electron chi connectivity index (χ4n) is 4.28. The molecule has 8 nitrogen and oxygen atoms in total. The molecule has 5 rings (SSSR count). The molecule has 0 aliphatic carbocycles. The summed E-state index contributed by atoms with van der Waals surface area (Å²) >= 11 is 0. The first-order valence-corrected chi connectivity index (χ1v) is 10.9. The minimum Gasteiger partial charge on any atom is -0.507 e. The Morgan fingerprint density at radius 2 is 1.74 bits per heavy atom. The fraction of sp³-hybridized carbons (Fsp3) is 0.185. The lowest BCUT2D eigenvalue weighted by atomic mass is 9.85. The molecule has 1 aliphatic rings. The molecule has 2 heterocycles. The van der Waals surface area contributed by atoms with Gasteiger partial charge in [-0.05, 0) is 48.0 Å². The third-order valence-corrected chi connectivity index (χ3v) is 6.06. The smallest absolute Gasteiger partial charge is 0.343 e. The number of rotatable bonds is 7. The van der Waals surface area contributed by atoms with Crippen molar-refractivity contribution in [3.63, 3.8) is 0 Å². The van der Waals surface area contributed by atoms with Crippen molar-refractivity contribution < 1.29 is 33.3 Å². The zero-order valence-corrected chi connectivity index (χ0v) is 19.1. The lowest BCUT2D eigenvalue weighted by Crippen LogP contribution is -2.18. The lowest BCUT2D eigenvalue weighted by Gasteiger charge is -2.20. The number of carbonyl (C=O) groups is 1. The van der Waals surface area contributed by atoms with E-state index in [1.54, 1.807) is 60.7 Å². The van der Waals surface area contributed by atoms with E-state index in [1.807, 2.05) is 0 Å². The molecule has 0 saturated heterocycles. The van der Waals surface area contributed by atoms with Gasteiger partial charge in [-0.15, -0.1) is 0 Å². The van der Waals surface area contributed by atoms with E-state index in [-0.39, 0.29) is 35.9 Å². The molecule has 4 aromatic rings. The molecule has 35 heavy (non-hydrogen) atoms. The van der Waals surface area contributed by atoms with Gasteiger partial charge in [0.15, 0.2) is 28.8 Å². The number of Topliss-reactive ketones (excluding diaryl/α,β-unsaturated/α-hetero) is 1. The van der Waals surface area contributed by atoms with Gasteiger partial charge in [0.2, 0.25) is 6.79 Å². The minimum atomic E-state index is -0.825. The van der Waals surface area contributed by atoms with Crippen LogP contribution in [0.25, 0.3) is 11.0 Å². The highest BCUT2D eigenvalue weighted by atomic mass is 16.7. The fourth-order valence-corrected chi connectivity index (χ4v) is 4.28. The lowest BCUT2D eigenvalue weighted by molar-refractivity contribution is 0.0976. The number of aromatic hydroxyl groups is 1. The van der Waals surface area contributed by atoms with Gasteiger partial charge in [-0.2, -0.15) is 0 Å². The van der Waals surface area contributed by atoms with E-state index in [9.17, 15) is 14.7 Å². The van der Waals surface area contributed by atoms with Gasteiger partial charge in [-0.1, -0.05) is 18.2 Å². The first-order valence-electron chi connectivity index (χ1n) is 10.9. The van der Waals surface area contributed by atoms with Gasteiger partial charge in [-0.3, -0.25) is 4.79 Å². The van der Waals surface area contributed by atoms with Crippen LogP contribution in [0.15, 0.2) is 69.9 Å². The maximum atomic E-state index is 13.4. The van der Waals surface area contributed by atoms with E-state index in [2.05, 4.69) is 0 Å². The Morgan fingerprint density at radius 3 is 2.54 bits per heavy atom. The van der Waals surface area contributed by atoms with Crippen LogP contribution in [0.5, 0.6) is 28.7 Å². The van der Waals surface area contributed by atoms with E-state index in [0.29, 0.717) is 39.5 Å². The number of hydrogen-bond donors (Lipinski definition) is 1. The van der Waals surface area contributed by atoms with E-state index in [4.69, 9.17) is 23.4 Å². The van der Waals surface area contributed by atoms with Crippen LogP contribution in [0, 0.1) is 0 Å². The van der Waals surface area contributed by atoms with Crippen molar-refractivity contribution >= 4 is 16.8 Å². The Balaban J connectivity index is 1.64. The van der Waals surface area contributed by atoms with Crippen LogP contribution >= 0.6 is 0 Å². The van der Waals surface area contributed by atoms with Crippen LogP contribution in [-0.4, -0.2) is 31.9 Å². The van der Waals surface area contributed by atoms with E-state index < -0.39 is 11.5 Å². The van der Waals surface area contributed by atoms with Crippen LogP contribution in [0.2, 0.25) is 0 Å². The average molecular weight is 474 g/mol. The Bertz CT molecular complexity index is 1490. The SMILES string of the molecule is COc1ccc([C@@H](CC(=O)c2ccc3c(c2)OCO3)c2c(O)c3ccccc3oc2=O)cc1OC. The number of fused-ring (bicyclic) bond motifs is 2. The van der Waals surface area contributed by atoms with E-state index in [1.165, 1.54) is 14.2 Å². The number of carbonyl (C=O) groups excluding carboxylic acids is 1. The second-order valence-electron chi connectivity index (χ2n) is 8.01. The molecule has 0 saturated carbocycles. The predicted molar refractivity (Wildman–Crippen MR) is 127 cm³/mol. The molecule has 0 radical (unpaired) electrons. The molecule has 0 spiro atoms. The summed E-state index contributed by atoms with van der Waals surface area (Å²) in [5, 5.41) is 11.5. The predicted octanol–water partition coefficient (Wildman–Crippen LogP) is 4.65. The molecule has 0 fully saturated rings. The molecule has 0 amide bonds. The number of hydrogen-bond acceptors (Lipinski definition) is 8.